The zero-order valence-electron chi connectivity index (χ0n) is 6.82. The molecule has 0 amide bonds. The van der Waals surface area contributed by atoms with Gasteiger partial charge in [0.05, 0.1) is 0 Å². The van der Waals surface area contributed by atoms with Crippen LogP contribution >= 0.6 is 0 Å². The van der Waals surface area contributed by atoms with Crippen LogP contribution in [0.1, 0.15) is 20.8 Å². The molecule has 0 N–H and O–H groups in total. The fourth-order valence-electron chi connectivity index (χ4n) is 1.24. The maximum atomic E-state index is 11.1. The number of ketones is 1. The van der Waals surface area contributed by atoms with Crippen LogP contribution in [-0.4, -0.2) is 18.5 Å². The molecular weight excluding hydrogens is 128 g/mol. The largest absolute Gasteiger partial charge is 0.366 e. The fraction of sp³-hybridized carbons (Fsp3) is 0.625. The van der Waals surface area contributed by atoms with Crippen molar-refractivity contribution >= 4 is 5.78 Å². The summed E-state index contributed by atoms with van der Waals surface area (Å²) in [5, 5.41) is 0. The molecule has 1 aliphatic carbocycles. The topological polar surface area (TPSA) is 26.3 Å². The predicted octanol–water partition coefficient (Wildman–Crippen LogP) is 1.31. The summed E-state index contributed by atoms with van der Waals surface area (Å²) in [6, 6.07) is 0. The molecular formula is C8H12O2. The maximum absolute atomic E-state index is 11.1. The lowest BCUT2D eigenvalue weighted by Crippen LogP contribution is -2.48. The van der Waals surface area contributed by atoms with E-state index in [0.29, 0.717) is 0 Å². The molecule has 0 fully saturated rings. The van der Waals surface area contributed by atoms with Crippen molar-refractivity contribution < 1.29 is 9.53 Å². The average molecular weight is 140 g/mol. The lowest BCUT2D eigenvalue weighted by Gasteiger charge is -2.37. The van der Waals surface area contributed by atoms with E-state index >= 15 is 0 Å². The molecule has 0 spiro atoms. The summed E-state index contributed by atoms with van der Waals surface area (Å²) in [6.45, 7) is 5.57. The van der Waals surface area contributed by atoms with Crippen LogP contribution in [0.25, 0.3) is 0 Å². The highest BCUT2D eigenvalue weighted by Crippen LogP contribution is 2.36. The Kier molecular flexibility index (Phi) is 1.44. The molecule has 56 valence electrons. The van der Waals surface area contributed by atoms with E-state index in [4.69, 9.17) is 4.74 Å². The summed E-state index contributed by atoms with van der Waals surface area (Å²) in [4.78, 5) is 11.1. The normalized spacial score (nSPS) is 32.6. The third kappa shape index (κ3) is 0.598. The Morgan fingerprint density at radius 2 is 1.90 bits per heavy atom. The van der Waals surface area contributed by atoms with Crippen molar-refractivity contribution in [2.45, 2.75) is 26.4 Å². The highest BCUT2D eigenvalue weighted by molar-refractivity contribution is 6.11. The first kappa shape index (κ1) is 7.48. The minimum Gasteiger partial charge on any atom is -0.366 e. The van der Waals surface area contributed by atoms with Crippen molar-refractivity contribution in [3.05, 3.63) is 11.1 Å². The molecule has 2 nitrogen and oxygen atoms in total. The van der Waals surface area contributed by atoms with Crippen LogP contribution in [0.4, 0.5) is 0 Å². The highest BCUT2D eigenvalue weighted by Gasteiger charge is 2.45. The van der Waals surface area contributed by atoms with E-state index in [2.05, 4.69) is 0 Å². The van der Waals surface area contributed by atoms with Crippen LogP contribution in [0.2, 0.25) is 0 Å². The van der Waals surface area contributed by atoms with Gasteiger partial charge < -0.3 is 4.74 Å². The van der Waals surface area contributed by atoms with Crippen LogP contribution in [0.15, 0.2) is 11.1 Å². The number of hydrogen-bond acceptors (Lipinski definition) is 2. The van der Waals surface area contributed by atoms with Crippen molar-refractivity contribution in [1.82, 2.24) is 0 Å². The fourth-order valence-corrected chi connectivity index (χ4v) is 1.24. The van der Waals surface area contributed by atoms with Gasteiger partial charge >= 0.3 is 0 Å². The minimum absolute atomic E-state index is 0.118. The maximum Gasteiger partial charge on any atom is 0.194 e. The van der Waals surface area contributed by atoms with Crippen molar-refractivity contribution in [2.75, 3.05) is 7.11 Å². The third-order valence-corrected chi connectivity index (χ3v) is 2.46. The van der Waals surface area contributed by atoms with E-state index in [1.165, 1.54) is 0 Å². The summed E-state index contributed by atoms with van der Waals surface area (Å²) >= 11 is 0. The second-order valence-electron chi connectivity index (χ2n) is 2.82. The zero-order chi connectivity index (χ0) is 7.94. The van der Waals surface area contributed by atoms with E-state index in [-0.39, 0.29) is 5.78 Å². The molecule has 0 aliphatic heterocycles. The summed E-state index contributed by atoms with van der Waals surface area (Å²) < 4.78 is 5.06. The Bertz CT molecular complexity index is 215. The Labute approximate surface area is 60.9 Å². The lowest BCUT2D eigenvalue weighted by molar-refractivity contribution is -0.135. The van der Waals surface area contributed by atoms with Crippen LogP contribution in [0.3, 0.4) is 0 Å². The monoisotopic (exact) mass is 140 g/mol. The molecule has 1 unspecified atom stereocenters. The quantitative estimate of drug-likeness (QED) is 0.549. The molecule has 0 aromatic carbocycles. The van der Waals surface area contributed by atoms with Gasteiger partial charge in [0.1, 0.15) is 5.60 Å². The molecule has 0 aromatic rings. The van der Waals surface area contributed by atoms with Gasteiger partial charge in [-0.05, 0) is 31.9 Å². The van der Waals surface area contributed by atoms with Gasteiger partial charge in [0.25, 0.3) is 0 Å². The molecule has 0 heterocycles. The summed E-state index contributed by atoms with van der Waals surface area (Å²) in [5.41, 5.74) is 1.30. The second-order valence-corrected chi connectivity index (χ2v) is 2.82. The molecule has 10 heavy (non-hydrogen) atoms. The van der Waals surface area contributed by atoms with Gasteiger partial charge in [0.15, 0.2) is 5.78 Å². The molecule has 1 atom stereocenters. The minimum atomic E-state index is -0.607. The molecule has 1 rings (SSSR count). The van der Waals surface area contributed by atoms with Crippen LogP contribution < -0.4 is 0 Å². The molecule has 0 bridgehead atoms. The lowest BCUT2D eigenvalue weighted by atomic mass is 9.74. The number of Topliss-reactive ketones (excluding diaryl/α,β-unsaturated/α-hetero) is 1. The van der Waals surface area contributed by atoms with Gasteiger partial charge in [-0.15, -0.1) is 0 Å². The second kappa shape index (κ2) is 1.92. The smallest absolute Gasteiger partial charge is 0.194 e. The molecule has 0 saturated carbocycles. The van der Waals surface area contributed by atoms with E-state index in [0.717, 1.165) is 11.1 Å². The Morgan fingerprint density at radius 1 is 1.40 bits per heavy atom. The van der Waals surface area contributed by atoms with Crippen molar-refractivity contribution in [3.8, 4) is 0 Å². The van der Waals surface area contributed by atoms with Gasteiger partial charge in [-0.25, -0.2) is 0 Å². The molecule has 1 aliphatic rings. The summed E-state index contributed by atoms with van der Waals surface area (Å²) in [6.07, 6.45) is 0. The number of carbonyl (C=O) groups excluding carboxylic acids is 1. The summed E-state index contributed by atoms with van der Waals surface area (Å²) in [5.74, 6) is 0.118. The molecule has 2 heteroatoms. The first-order valence-electron chi connectivity index (χ1n) is 3.32. The summed E-state index contributed by atoms with van der Waals surface area (Å²) in [7, 11) is 1.56. The van der Waals surface area contributed by atoms with E-state index in [1.54, 1.807) is 14.0 Å². The average Bonchev–Trinajstić information content (AvgIpc) is 2.00. The van der Waals surface area contributed by atoms with E-state index in [9.17, 15) is 4.79 Å². The van der Waals surface area contributed by atoms with Crippen molar-refractivity contribution in [3.63, 3.8) is 0 Å². The van der Waals surface area contributed by atoms with Crippen LogP contribution in [0, 0.1) is 0 Å². The van der Waals surface area contributed by atoms with Crippen molar-refractivity contribution in [1.29, 1.82) is 0 Å². The van der Waals surface area contributed by atoms with Gasteiger partial charge in [-0.2, -0.15) is 0 Å². The van der Waals surface area contributed by atoms with Crippen LogP contribution in [-0.2, 0) is 9.53 Å². The first-order chi connectivity index (χ1) is 4.54. The SMILES string of the molecule is COC1(C)C(=O)C(C)=C1C. The third-order valence-electron chi connectivity index (χ3n) is 2.46. The molecule has 0 radical (unpaired) electrons. The molecule has 0 aromatic heterocycles. The van der Waals surface area contributed by atoms with Gasteiger partial charge in [0, 0.05) is 7.11 Å². The standard InChI is InChI=1S/C8H12O2/c1-5-6(2)8(3,10-4)7(5)9/h1-4H3. The Balaban J connectivity index is 3.00. The number of methoxy groups -OCH3 is 1. The Hall–Kier alpha value is -0.630. The zero-order valence-corrected chi connectivity index (χ0v) is 6.82. The number of ether oxygens (including phenoxy) is 1. The highest BCUT2D eigenvalue weighted by atomic mass is 16.5. The van der Waals surface area contributed by atoms with E-state index < -0.39 is 5.60 Å². The van der Waals surface area contributed by atoms with Gasteiger partial charge in [-0.3, -0.25) is 4.79 Å². The molecule has 0 saturated heterocycles. The van der Waals surface area contributed by atoms with Crippen molar-refractivity contribution in [2.24, 2.45) is 0 Å². The van der Waals surface area contributed by atoms with E-state index in [1.807, 2.05) is 13.8 Å². The predicted molar refractivity (Wildman–Crippen MR) is 38.8 cm³/mol. The number of hydrogen-bond donors (Lipinski definition) is 0. The van der Waals surface area contributed by atoms with Gasteiger partial charge in [-0.1, -0.05) is 0 Å². The number of carbonyl (C=O) groups is 1. The number of rotatable bonds is 1. The first-order valence-corrected chi connectivity index (χ1v) is 3.32. The van der Waals surface area contributed by atoms with Crippen LogP contribution in [0.5, 0.6) is 0 Å². The Morgan fingerprint density at radius 3 is 2.10 bits per heavy atom. The van der Waals surface area contributed by atoms with Gasteiger partial charge in [0.2, 0.25) is 0 Å².